The molecule has 0 atom stereocenters. The molecule has 0 fully saturated rings. The SMILES string of the molecule is O=C(O)c1cc(O)c(O)c(OC(=O)c2cc(O)c(O)c([O-])c2CNc2ccc3cc(S(=O)(=O)O)cc(S(=O)(=O)O)c3c2)c1. The quantitative estimate of drug-likeness (QED) is 0.0591. The van der Waals surface area contributed by atoms with Crippen LogP contribution in [0.5, 0.6) is 34.5 Å². The highest BCUT2D eigenvalue weighted by Crippen LogP contribution is 2.41. The fourth-order valence-electron chi connectivity index (χ4n) is 3.94. The van der Waals surface area contributed by atoms with E-state index >= 15 is 0 Å². The summed E-state index contributed by atoms with van der Waals surface area (Å²) >= 11 is 0. The first kappa shape index (κ1) is 30.7. The van der Waals surface area contributed by atoms with Crippen LogP contribution >= 0.6 is 0 Å². The number of hydrogen-bond donors (Lipinski definition) is 8. The van der Waals surface area contributed by atoms with E-state index in [0.717, 1.165) is 12.1 Å². The molecule has 0 aliphatic rings. The molecule has 0 saturated carbocycles. The second kappa shape index (κ2) is 10.8. The van der Waals surface area contributed by atoms with Gasteiger partial charge in [0.2, 0.25) is 5.75 Å². The van der Waals surface area contributed by atoms with Crippen LogP contribution in [-0.2, 0) is 26.8 Å². The Morgan fingerprint density at radius 3 is 2.09 bits per heavy atom. The summed E-state index contributed by atoms with van der Waals surface area (Å²) in [6.45, 7) is -0.612. The Morgan fingerprint density at radius 1 is 0.837 bits per heavy atom. The molecular formula is C25H18NO15S2-. The van der Waals surface area contributed by atoms with Crippen LogP contribution in [0.3, 0.4) is 0 Å². The molecule has 0 radical (unpaired) electrons. The summed E-state index contributed by atoms with van der Waals surface area (Å²) in [4.78, 5) is 22.5. The van der Waals surface area contributed by atoms with Crippen molar-refractivity contribution in [2.75, 3.05) is 5.32 Å². The molecule has 16 nitrogen and oxygen atoms in total. The van der Waals surface area contributed by atoms with Gasteiger partial charge in [0.15, 0.2) is 17.2 Å². The van der Waals surface area contributed by atoms with Crippen LogP contribution in [0.15, 0.2) is 58.3 Å². The predicted octanol–water partition coefficient (Wildman–Crippen LogP) is 1.76. The number of aromatic carboxylic acids is 1. The van der Waals surface area contributed by atoms with E-state index in [0.29, 0.717) is 24.3 Å². The lowest BCUT2D eigenvalue weighted by Gasteiger charge is -2.21. The van der Waals surface area contributed by atoms with Crippen molar-refractivity contribution in [2.45, 2.75) is 16.3 Å². The molecule has 226 valence electrons. The summed E-state index contributed by atoms with van der Waals surface area (Å²) in [6.07, 6.45) is 0. The molecule has 8 N–H and O–H groups in total. The third-order valence-corrected chi connectivity index (χ3v) is 7.72. The Morgan fingerprint density at radius 2 is 1.49 bits per heavy atom. The summed E-state index contributed by atoms with van der Waals surface area (Å²) in [5.41, 5.74) is -1.76. The van der Waals surface area contributed by atoms with Crippen molar-refractivity contribution in [1.29, 1.82) is 0 Å². The van der Waals surface area contributed by atoms with E-state index in [1.807, 2.05) is 0 Å². The van der Waals surface area contributed by atoms with Gasteiger partial charge in [0.1, 0.15) is 10.6 Å². The highest BCUT2D eigenvalue weighted by molar-refractivity contribution is 7.86. The highest BCUT2D eigenvalue weighted by atomic mass is 32.2. The van der Waals surface area contributed by atoms with Crippen LogP contribution in [0.4, 0.5) is 5.69 Å². The van der Waals surface area contributed by atoms with Gasteiger partial charge in [0.05, 0.1) is 16.0 Å². The Kier molecular flexibility index (Phi) is 7.72. The van der Waals surface area contributed by atoms with Crippen molar-refractivity contribution in [3.8, 4) is 34.5 Å². The summed E-state index contributed by atoms with van der Waals surface area (Å²) in [5, 5.41) is 64.0. The molecule has 4 aromatic rings. The normalized spacial score (nSPS) is 11.8. The summed E-state index contributed by atoms with van der Waals surface area (Å²) < 4.78 is 70.9. The molecule has 18 heteroatoms. The smallest absolute Gasteiger partial charge is 0.344 e. The zero-order valence-electron chi connectivity index (χ0n) is 21.0. The van der Waals surface area contributed by atoms with E-state index in [1.165, 1.54) is 12.1 Å². The average molecular weight is 637 g/mol. The Bertz CT molecular complexity index is 2060. The van der Waals surface area contributed by atoms with Crippen molar-refractivity contribution in [2.24, 2.45) is 0 Å². The highest BCUT2D eigenvalue weighted by Gasteiger charge is 2.24. The molecule has 4 aromatic carbocycles. The molecule has 43 heavy (non-hydrogen) atoms. The van der Waals surface area contributed by atoms with Gasteiger partial charge in [-0.3, -0.25) is 9.11 Å². The third kappa shape index (κ3) is 6.16. The molecule has 0 heterocycles. The van der Waals surface area contributed by atoms with Gasteiger partial charge < -0.3 is 40.7 Å². The number of carbonyl (C=O) groups is 2. The van der Waals surface area contributed by atoms with Crippen LogP contribution in [-0.4, -0.2) is 63.4 Å². The van der Waals surface area contributed by atoms with Crippen LogP contribution in [0.2, 0.25) is 0 Å². The summed E-state index contributed by atoms with van der Waals surface area (Å²) in [5.74, 6) is -9.24. The number of fused-ring (bicyclic) bond motifs is 1. The van der Waals surface area contributed by atoms with Gasteiger partial charge in [-0.15, -0.1) is 0 Å². The van der Waals surface area contributed by atoms with Crippen LogP contribution in [0.1, 0.15) is 26.3 Å². The minimum absolute atomic E-state index is 0.0278. The molecule has 0 unspecified atom stereocenters. The van der Waals surface area contributed by atoms with Gasteiger partial charge in [0, 0.05) is 17.6 Å². The van der Waals surface area contributed by atoms with Gasteiger partial charge in [-0.05, 0) is 53.4 Å². The topological polar surface area (TPSA) is 288 Å². The Balaban J connectivity index is 1.74. The minimum Gasteiger partial charge on any atom is -0.870 e. The van der Waals surface area contributed by atoms with Crippen molar-refractivity contribution in [1.82, 2.24) is 0 Å². The lowest BCUT2D eigenvalue weighted by molar-refractivity contribution is -0.271. The molecule has 0 bridgehead atoms. The number of carboxylic acid groups (broad SMARTS) is 1. The maximum atomic E-state index is 13.0. The number of esters is 1. The average Bonchev–Trinajstić information content (AvgIpc) is 2.91. The standard InChI is InChI=1S/C25H19NO15S2/c27-17-4-11(24(32)33)5-19(22(17)30)41-25(34)15-8-18(28)23(31)21(29)16(15)9-26-12-2-1-10-3-13(42(35,36)37)7-20(14(10)6-12)43(38,39)40/h1-8,26-31H,9H2,(H,32,33)(H,35,36,37)(H,38,39,40)/p-1. The van der Waals surface area contributed by atoms with Crippen molar-refractivity contribution in [3.63, 3.8) is 0 Å². The Hall–Kier alpha value is -5.30. The fourth-order valence-corrected chi connectivity index (χ4v) is 5.29. The number of carbonyl (C=O) groups excluding carboxylic acids is 1. The van der Waals surface area contributed by atoms with Gasteiger partial charge in [0.25, 0.3) is 20.2 Å². The number of rotatable bonds is 8. The molecule has 0 aliphatic carbocycles. The van der Waals surface area contributed by atoms with E-state index < -0.39 is 99.7 Å². The lowest BCUT2D eigenvalue weighted by Crippen LogP contribution is -2.16. The van der Waals surface area contributed by atoms with Crippen molar-refractivity contribution in [3.05, 3.63) is 65.2 Å². The first-order valence-electron chi connectivity index (χ1n) is 11.4. The number of carboxylic acids is 1. The lowest BCUT2D eigenvalue weighted by atomic mass is 10.0. The van der Waals surface area contributed by atoms with Crippen molar-refractivity contribution < 1.29 is 70.9 Å². The van der Waals surface area contributed by atoms with E-state index in [-0.39, 0.29) is 16.5 Å². The Labute approximate surface area is 240 Å². The largest absolute Gasteiger partial charge is 0.870 e. The molecule has 0 aliphatic heterocycles. The van der Waals surface area contributed by atoms with Gasteiger partial charge >= 0.3 is 11.9 Å². The summed E-state index contributed by atoms with van der Waals surface area (Å²) in [7, 11) is -9.89. The second-order valence-electron chi connectivity index (χ2n) is 8.80. The predicted molar refractivity (Wildman–Crippen MR) is 142 cm³/mol. The minimum atomic E-state index is -5.03. The number of nitrogens with one attached hydrogen (secondary N) is 1. The van der Waals surface area contributed by atoms with E-state index in [1.54, 1.807) is 0 Å². The zero-order chi connectivity index (χ0) is 32.0. The summed E-state index contributed by atoms with van der Waals surface area (Å²) in [6, 6.07) is 7.05. The maximum Gasteiger partial charge on any atom is 0.344 e. The monoisotopic (exact) mass is 636 g/mol. The van der Waals surface area contributed by atoms with Crippen LogP contribution < -0.4 is 15.2 Å². The molecule has 0 amide bonds. The molecule has 4 rings (SSSR count). The molecule has 0 spiro atoms. The van der Waals surface area contributed by atoms with E-state index in [4.69, 9.17) is 9.84 Å². The third-order valence-electron chi connectivity index (χ3n) is 6.00. The second-order valence-corrected chi connectivity index (χ2v) is 11.6. The van der Waals surface area contributed by atoms with Crippen LogP contribution in [0.25, 0.3) is 10.8 Å². The molecule has 0 aromatic heterocycles. The number of aromatic hydroxyl groups is 4. The number of ether oxygens (including phenoxy) is 1. The molecular weight excluding hydrogens is 618 g/mol. The van der Waals surface area contributed by atoms with E-state index in [2.05, 4.69) is 5.32 Å². The number of phenolic OH excluding ortho intramolecular Hbond substituents is 4. The first-order chi connectivity index (χ1) is 19.9. The number of hydrogen-bond acceptors (Lipinski definition) is 13. The van der Waals surface area contributed by atoms with Crippen molar-refractivity contribution >= 4 is 48.6 Å². The molecule has 0 saturated heterocycles. The fraction of sp³-hybridized carbons (Fsp3) is 0.0400. The van der Waals surface area contributed by atoms with E-state index in [9.17, 15) is 61.1 Å². The van der Waals surface area contributed by atoms with Gasteiger partial charge in [-0.1, -0.05) is 11.8 Å². The van der Waals surface area contributed by atoms with Gasteiger partial charge in [-0.25, -0.2) is 9.59 Å². The first-order valence-corrected chi connectivity index (χ1v) is 14.3. The number of phenols is 4. The number of benzene rings is 4. The van der Waals surface area contributed by atoms with Crippen LogP contribution in [0, 0.1) is 0 Å². The number of anilines is 1. The maximum absolute atomic E-state index is 13.0. The van der Waals surface area contributed by atoms with Gasteiger partial charge in [-0.2, -0.15) is 16.8 Å². The zero-order valence-corrected chi connectivity index (χ0v) is 22.7.